The van der Waals surface area contributed by atoms with Crippen molar-refractivity contribution >= 4 is 5.69 Å². The first-order valence-corrected chi connectivity index (χ1v) is 10.8. The quantitative estimate of drug-likeness (QED) is 0.293. The predicted octanol–water partition coefficient (Wildman–Crippen LogP) is 7.59. The van der Waals surface area contributed by atoms with Crippen molar-refractivity contribution in [3.8, 4) is 5.75 Å². The average Bonchev–Trinajstić information content (AvgIpc) is 2.64. The lowest BCUT2D eigenvalue weighted by atomic mass is 10.1. The molecule has 0 saturated heterocycles. The molecule has 2 heteroatoms. The Bertz CT molecular complexity index is 405. The third-order valence-electron chi connectivity index (χ3n) is 4.68. The zero-order valence-corrected chi connectivity index (χ0v) is 16.8. The van der Waals surface area contributed by atoms with Gasteiger partial charge < -0.3 is 10.1 Å². The second-order valence-electron chi connectivity index (χ2n) is 7.19. The van der Waals surface area contributed by atoms with Crippen molar-refractivity contribution in [2.45, 2.75) is 97.3 Å². The number of nitrogens with one attached hydrogen (secondary N) is 1. The summed E-state index contributed by atoms with van der Waals surface area (Å²) in [5, 5.41) is 3.40. The Kier molecular flexibility index (Phi) is 14.3. The fourth-order valence-corrected chi connectivity index (χ4v) is 3.10. The highest BCUT2D eigenvalue weighted by molar-refractivity contribution is 5.48. The van der Waals surface area contributed by atoms with Gasteiger partial charge in [-0.2, -0.15) is 0 Å². The van der Waals surface area contributed by atoms with Crippen LogP contribution >= 0.6 is 0 Å². The van der Waals surface area contributed by atoms with Crippen LogP contribution in [0.25, 0.3) is 0 Å². The van der Waals surface area contributed by atoms with Gasteiger partial charge in [0.05, 0.1) is 6.61 Å². The molecule has 0 bridgehead atoms. The van der Waals surface area contributed by atoms with E-state index in [1.807, 2.05) is 0 Å². The minimum absolute atomic E-state index is 0.842. The third kappa shape index (κ3) is 12.8. The van der Waals surface area contributed by atoms with Gasteiger partial charge in [0.1, 0.15) is 5.75 Å². The maximum Gasteiger partial charge on any atom is 0.121 e. The fourth-order valence-electron chi connectivity index (χ4n) is 3.10. The molecule has 1 N–H and O–H groups in total. The van der Waals surface area contributed by atoms with Crippen LogP contribution < -0.4 is 10.1 Å². The summed E-state index contributed by atoms with van der Waals surface area (Å²) in [5.41, 5.74) is 1.16. The molecule has 1 aromatic carbocycles. The van der Waals surface area contributed by atoms with Gasteiger partial charge in [0.15, 0.2) is 0 Å². The van der Waals surface area contributed by atoms with Crippen LogP contribution in [0.15, 0.2) is 24.3 Å². The van der Waals surface area contributed by atoms with E-state index >= 15 is 0 Å². The molecule has 25 heavy (non-hydrogen) atoms. The maximum atomic E-state index is 5.88. The maximum absolute atomic E-state index is 5.88. The van der Waals surface area contributed by atoms with Crippen LogP contribution in [-0.4, -0.2) is 13.2 Å². The second-order valence-corrected chi connectivity index (χ2v) is 7.19. The Hall–Kier alpha value is -1.18. The first-order valence-electron chi connectivity index (χ1n) is 10.8. The van der Waals surface area contributed by atoms with Gasteiger partial charge in [-0.05, 0) is 25.0 Å². The molecule has 0 fully saturated rings. The Balaban J connectivity index is 1.90. The van der Waals surface area contributed by atoms with E-state index in [-0.39, 0.29) is 0 Å². The normalized spacial score (nSPS) is 10.8. The van der Waals surface area contributed by atoms with E-state index < -0.39 is 0 Å². The van der Waals surface area contributed by atoms with Gasteiger partial charge in [0, 0.05) is 18.3 Å². The number of hydrogen-bond acceptors (Lipinski definition) is 2. The molecule has 0 aliphatic carbocycles. The lowest BCUT2D eigenvalue weighted by Crippen LogP contribution is -2.01. The molecule has 2 nitrogen and oxygen atoms in total. The average molecular weight is 348 g/mol. The van der Waals surface area contributed by atoms with Crippen LogP contribution in [0.1, 0.15) is 97.3 Å². The Morgan fingerprint density at radius 2 is 1.32 bits per heavy atom. The Labute approximate surface area is 156 Å². The van der Waals surface area contributed by atoms with Gasteiger partial charge in [-0.3, -0.25) is 0 Å². The largest absolute Gasteiger partial charge is 0.494 e. The first-order chi connectivity index (χ1) is 12.4. The van der Waals surface area contributed by atoms with Gasteiger partial charge in [-0.1, -0.05) is 90.5 Å². The summed E-state index contributed by atoms with van der Waals surface area (Å²) in [5.74, 6) is 0.990. The van der Waals surface area contributed by atoms with Crippen LogP contribution in [0.3, 0.4) is 0 Å². The smallest absolute Gasteiger partial charge is 0.121 e. The van der Waals surface area contributed by atoms with Gasteiger partial charge in [-0.25, -0.2) is 0 Å². The van der Waals surface area contributed by atoms with E-state index in [9.17, 15) is 0 Å². The summed E-state index contributed by atoms with van der Waals surface area (Å²) in [4.78, 5) is 0. The van der Waals surface area contributed by atoms with Crippen LogP contribution in [0.2, 0.25) is 0 Å². The highest BCUT2D eigenvalue weighted by atomic mass is 16.5. The number of ether oxygens (including phenoxy) is 1. The molecule has 0 aromatic heterocycles. The monoisotopic (exact) mass is 347 g/mol. The zero-order chi connectivity index (χ0) is 18.0. The zero-order valence-electron chi connectivity index (χ0n) is 16.8. The number of benzene rings is 1. The van der Waals surface area contributed by atoms with Crippen molar-refractivity contribution in [2.75, 3.05) is 18.5 Å². The van der Waals surface area contributed by atoms with Crippen molar-refractivity contribution in [1.29, 1.82) is 0 Å². The topological polar surface area (TPSA) is 21.3 Å². The lowest BCUT2D eigenvalue weighted by molar-refractivity contribution is 0.304. The highest BCUT2D eigenvalue weighted by Crippen LogP contribution is 2.18. The van der Waals surface area contributed by atoms with E-state index in [0.717, 1.165) is 31.0 Å². The number of hydrogen-bond donors (Lipinski definition) is 1. The third-order valence-corrected chi connectivity index (χ3v) is 4.68. The standard InChI is InChI=1S/C23H41NO/c1-3-5-6-7-8-9-10-11-12-13-14-15-20-25-23-18-16-17-22(21-23)24-19-4-2/h16-18,21,24H,3-15,19-20H2,1-2H3. The van der Waals surface area contributed by atoms with Crippen LogP contribution in [0.5, 0.6) is 5.75 Å². The minimum Gasteiger partial charge on any atom is -0.494 e. The Morgan fingerprint density at radius 1 is 0.720 bits per heavy atom. The molecule has 0 spiro atoms. The summed E-state index contributed by atoms with van der Waals surface area (Å²) >= 11 is 0. The van der Waals surface area contributed by atoms with Gasteiger partial charge in [0.2, 0.25) is 0 Å². The molecule has 1 rings (SSSR count). The van der Waals surface area contributed by atoms with E-state index in [2.05, 4.69) is 43.4 Å². The summed E-state index contributed by atoms with van der Waals surface area (Å²) in [6.45, 7) is 6.32. The second kappa shape index (κ2) is 16.3. The van der Waals surface area contributed by atoms with Crippen molar-refractivity contribution < 1.29 is 4.74 Å². The van der Waals surface area contributed by atoms with Crippen molar-refractivity contribution in [1.82, 2.24) is 0 Å². The van der Waals surface area contributed by atoms with Crippen molar-refractivity contribution in [2.24, 2.45) is 0 Å². The number of anilines is 1. The fraction of sp³-hybridized carbons (Fsp3) is 0.739. The highest BCUT2D eigenvalue weighted by Gasteiger charge is 1.97. The first kappa shape index (κ1) is 21.9. The van der Waals surface area contributed by atoms with Crippen LogP contribution in [0.4, 0.5) is 5.69 Å². The summed E-state index contributed by atoms with van der Waals surface area (Å²) in [7, 11) is 0. The summed E-state index contributed by atoms with van der Waals surface area (Å²) in [6.07, 6.45) is 17.7. The van der Waals surface area contributed by atoms with Gasteiger partial charge in [-0.15, -0.1) is 0 Å². The molecule has 0 saturated carbocycles. The SMILES string of the molecule is CCCCCCCCCCCCCCOc1cccc(NCCC)c1. The summed E-state index contributed by atoms with van der Waals surface area (Å²) in [6, 6.07) is 8.33. The van der Waals surface area contributed by atoms with Crippen LogP contribution in [-0.2, 0) is 0 Å². The number of rotatable bonds is 17. The molecule has 0 heterocycles. The minimum atomic E-state index is 0.842. The molecular weight excluding hydrogens is 306 g/mol. The van der Waals surface area contributed by atoms with Crippen molar-refractivity contribution in [3.63, 3.8) is 0 Å². The lowest BCUT2D eigenvalue weighted by Gasteiger charge is -2.09. The van der Waals surface area contributed by atoms with Gasteiger partial charge >= 0.3 is 0 Å². The summed E-state index contributed by atoms with van der Waals surface area (Å²) < 4.78 is 5.88. The molecule has 0 aliphatic rings. The molecule has 0 atom stereocenters. The molecule has 1 aromatic rings. The molecule has 0 radical (unpaired) electrons. The van der Waals surface area contributed by atoms with Crippen molar-refractivity contribution in [3.05, 3.63) is 24.3 Å². The predicted molar refractivity (Wildman–Crippen MR) is 112 cm³/mol. The number of unbranched alkanes of at least 4 members (excludes halogenated alkanes) is 11. The van der Waals surface area contributed by atoms with E-state index in [0.29, 0.717) is 0 Å². The molecule has 144 valence electrons. The van der Waals surface area contributed by atoms with E-state index in [4.69, 9.17) is 4.74 Å². The van der Waals surface area contributed by atoms with E-state index in [1.165, 1.54) is 77.0 Å². The molecular formula is C23H41NO. The van der Waals surface area contributed by atoms with E-state index in [1.54, 1.807) is 0 Å². The molecule has 0 aliphatic heterocycles. The molecule has 0 amide bonds. The van der Waals surface area contributed by atoms with Gasteiger partial charge in [0.25, 0.3) is 0 Å². The Morgan fingerprint density at radius 3 is 1.92 bits per heavy atom. The molecule has 0 unspecified atom stereocenters. The van der Waals surface area contributed by atoms with Crippen LogP contribution in [0, 0.1) is 0 Å².